The van der Waals surface area contributed by atoms with E-state index in [0.29, 0.717) is 18.4 Å². The summed E-state index contributed by atoms with van der Waals surface area (Å²) in [5.41, 5.74) is 2.28. The standard InChI is InChI=1S/C25H23N3O5S/c1-16-4-3-5-20(10-16)25(30)33-23-13-19-9-8-18(7-6-17(2)14-26)11-21(19)12-22(23)28-15-24(29)27-34(28,31)32/h3-5,8-13,17H,6-7,15H2,1-2H3,(H,27,29). The van der Waals surface area contributed by atoms with Gasteiger partial charge in [0.1, 0.15) is 6.54 Å². The van der Waals surface area contributed by atoms with Crippen LogP contribution in [0.3, 0.4) is 0 Å². The molecule has 3 aromatic carbocycles. The Morgan fingerprint density at radius 3 is 2.65 bits per heavy atom. The second kappa shape index (κ2) is 9.15. The minimum absolute atomic E-state index is 0.0323. The number of amides is 1. The second-order valence-corrected chi connectivity index (χ2v) is 9.96. The Labute approximate surface area is 197 Å². The summed E-state index contributed by atoms with van der Waals surface area (Å²) in [7, 11) is -4.12. The van der Waals surface area contributed by atoms with E-state index >= 15 is 0 Å². The first-order chi connectivity index (χ1) is 16.2. The van der Waals surface area contributed by atoms with Gasteiger partial charge in [0.25, 0.3) is 5.91 Å². The highest BCUT2D eigenvalue weighted by Gasteiger charge is 2.36. The van der Waals surface area contributed by atoms with E-state index in [9.17, 15) is 18.0 Å². The van der Waals surface area contributed by atoms with Crippen molar-refractivity contribution in [1.29, 1.82) is 5.26 Å². The summed E-state index contributed by atoms with van der Waals surface area (Å²) in [5, 5.41) is 10.5. The molecule has 4 rings (SSSR count). The summed E-state index contributed by atoms with van der Waals surface area (Å²) in [6, 6.07) is 18.0. The van der Waals surface area contributed by atoms with E-state index in [1.54, 1.807) is 30.3 Å². The van der Waals surface area contributed by atoms with Crippen molar-refractivity contribution in [3.63, 3.8) is 0 Å². The number of ether oxygens (including phenoxy) is 1. The number of carbonyl (C=O) groups excluding carboxylic acids is 2. The molecule has 0 radical (unpaired) electrons. The van der Waals surface area contributed by atoms with Crippen LogP contribution in [0.25, 0.3) is 10.8 Å². The van der Waals surface area contributed by atoms with Crippen LogP contribution in [-0.2, 0) is 21.4 Å². The summed E-state index contributed by atoms with van der Waals surface area (Å²) in [5.74, 6) is -1.36. The lowest BCUT2D eigenvalue weighted by atomic mass is 9.99. The van der Waals surface area contributed by atoms with Gasteiger partial charge in [-0.3, -0.25) is 4.79 Å². The molecule has 1 fully saturated rings. The molecule has 0 saturated carbocycles. The van der Waals surface area contributed by atoms with E-state index in [4.69, 9.17) is 10.00 Å². The van der Waals surface area contributed by atoms with E-state index < -0.39 is 28.6 Å². The molecule has 1 amide bonds. The highest BCUT2D eigenvalue weighted by atomic mass is 32.2. The number of esters is 1. The Morgan fingerprint density at radius 2 is 1.97 bits per heavy atom. The molecule has 0 bridgehead atoms. The second-order valence-electron chi connectivity index (χ2n) is 8.37. The third-order valence-electron chi connectivity index (χ3n) is 5.61. The van der Waals surface area contributed by atoms with Gasteiger partial charge in [0.15, 0.2) is 5.75 Å². The molecule has 1 aliphatic heterocycles. The normalized spacial score (nSPS) is 15.6. The number of hydrogen-bond acceptors (Lipinski definition) is 6. The third kappa shape index (κ3) is 4.87. The van der Waals surface area contributed by atoms with Crippen LogP contribution in [0.2, 0.25) is 0 Å². The highest BCUT2D eigenvalue weighted by Crippen LogP contribution is 2.37. The van der Waals surface area contributed by atoms with Gasteiger partial charge in [-0.15, -0.1) is 0 Å². The molecule has 9 heteroatoms. The van der Waals surface area contributed by atoms with Crippen molar-refractivity contribution in [3.8, 4) is 11.8 Å². The first kappa shape index (κ1) is 23.3. The van der Waals surface area contributed by atoms with Crippen LogP contribution in [0, 0.1) is 24.2 Å². The molecule has 0 aromatic heterocycles. The molecular formula is C25H23N3O5S. The lowest BCUT2D eigenvalue weighted by Crippen LogP contribution is -2.30. The number of anilines is 1. The zero-order chi connectivity index (χ0) is 24.5. The number of hydrogen-bond donors (Lipinski definition) is 1. The van der Waals surface area contributed by atoms with E-state index in [1.807, 2.05) is 42.8 Å². The summed E-state index contributed by atoms with van der Waals surface area (Å²) < 4.78 is 33.6. The molecule has 1 aliphatic rings. The number of rotatable bonds is 6. The Kier molecular flexibility index (Phi) is 6.26. The number of nitrogens with zero attached hydrogens (tertiary/aromatic N) is 2. The van der Waals surface area contributed by atoms with E-state index in [-0.39, 0.29) is 17.4 Å². The fourth-order valence-electron chi connectivity index (χ4n) is 3.79. The Hall–Kier alpha value is -3.90. The van der Waals surface area contributed by atoms with Gasteiger partial charge in [-0.2, -0.15) is 13.7 Å². The Morgan fingerprint density at radius 1 is 1.18 bits per heavy atom. The summed E-state index contributed by atoms with van der Waals surface area (Å²) in [4.78, 5) is 24.7. The predicted molar refractivity (Wildman–Crippen MR) is 128 cm³/mol. The lowest BCUT2D eigenvalue weighted by Gasteiger charge is -2.19. The van der Waals surface area contributed by atoms with Gasteiger partial charge >= 0.3 is 16.2 Å². The van der Waals surface area contributed by atoms with Gasteiger partial charge in [0.2, 0.25) is 0 Å². The first-order valence-electron chi connectivity index (χ1n) is 10.7. The molecule has 1 heterocycles. The van der Waals surface area contributed by atoms with Crippen LogP contribution in [0.4, 0.5) is 5.69 Å². The smallest absolute Gasteiger partial charge is 0.343 e. The van der Waals surface area contributed by atoms with Crippen LogP contribution < -0.4 is 13.8 Å². The van der Waals surface area contributed by atoms with E-state index in [2.05, 4.69) is 6.07 Å². The molecule has 1 saturated heterocycles. The zero-order valence-corrected chi connectivity index (χ0v) is 19.6. The summed E-state index contributed by atoms with van der Waals surface area (Å²) >= 11 is 0. The van der Waals surface area contributed by atoms with Crippen LogP contribution in [0.5, 0.6) is 5.75 Å². The number of fused-ring (bicyclic) bond motifs is 1. The fraction of sp³-hybridized carbons (Fsp3) is 0.240. The molecule has 34 heavy (non-hydrogen) atoms. The van der Waals surface area contributed by atoms with Crippen molar-refractivity contribution in [3.05, 3.63) is 71.3 Å². The SMILES string of the molecule is Cc1cccc(C(=O)Oc2cc3ccc(CCC(C)C#N)cc3cc2N2CC(=O)NS2(=O)=O)c1. The maximum atomic E-state index is 12.8. The fourth-order valence-corrected chi connectivity index (χ4v) is 4.94. The molecule has 8 nitrogen and oxygen atoms in total. The number of carbonyl (C=O) groups is 2. The predicted octanol–water partition coefficient (Wildman–Crippen LogP) is 3.64. The molecule has 1 N–H and O–H groups in total. The number of aryl methyl sites for hydroxylation is 2. The quantitative estimate of drug-likeness (QED) is 0.428. The minimum Gasteiger partial charge on any atom is -0.421 e. The van der Waals surface area contributed by atoms with Gasteiger partial charge in [0, 0.05) is 5.92 Å². The Balaban J connectivity index is 1.77. The summed E-state index contributed by atoms with van der Waals surface area (Å²) in [6.45, 7) is 3.29. The van der Waals surface area contributed by atoms with Crippen LogP contribution in [0.1, 0.15) is 34.8 Å². The average Bonchev–Trinajstić information content (AvgIpc) is 3.08. The van der Waals surface area contributed by atoms with Crippen molar-refractivity contribution < 1.29 is 22.7 Å². The molecule has 3 aromatic rings. The van der Waals surface area contributed by atoms with Crippen molar-refractivity contribution >= 4 is 38.5 Å². The van der Waals surface area contributed by atoms with E-state index in [0.717, 1.165) is 26.2 Å². The zero-order valence-electron chi connectivity index (χ0n) is 18.7. The van der Waals surface area contributed by atoms with Crippen molar-refractivity contribution in [2.75, 3.05) is 10.8 Å². The minimum atomic E-state index is -4.12. The van der Waals surface area contributed by atoms with Crippen molar-refractivity contribution in [2.45, 2.75) is 26.7 Å². The maximum absolute atomic E-state index is 12.8. The number of nitrogens with one attached hydrogen (secondary N) is 1. The Bertz CT molecular complexity index is 1440. The van der Waals surface area contributed by atoms with Gasteiger partial charge in [-0.1, -0.05) is 35.9 Å². The van der Waals surface area contributed by atoms with Gasteiger partial charge in [-0.25, -0.2) is 13.8 Å². The van der Waals surface area contributed by atoms with Crippen LogP contribution >= 0.6 is 0 Å². The largest absolute Gasteiger partial charge is 0.421 e. The molecule has 1 atom stereocenters. The van der Waals surface area contributed by atoms with Crippen LogP contribution in [0.15, 0.2) is 54.6 Å². The molecule has 0 spiro atoms. The highest BCUT2D eigenvalue weighted by molar-refractivity contribution is 7.92. The number of benzene rings is 3. The first-order valence-corrected chi connectivity index (χ1v) is 12.2. The lowest BCUT2D eigenvalue weighted by molar-refractivity contribution is -0.117. The van der Waals surface area contributed by atoms with Gasteiger partial charge in [0.05, 0.1) is 17.3 Å². The van der Waals surface area contributed by atoms with Crippen molar-refractivity contribution in [2.24, 2.45) is 5.92 Å². The summed E-state index contributed by atoms with van der Waals surface area (Å²) in [6.07, 6.45) is 1.38. The van der Waals surface area contributed by atoms with Gasteiger partial charge in [-0.05, 0) is 67.3 Å². The number of nitriles is 1. The molecule has 0 aliphatic carbocycles. The average molecular weight is 478 g/mol. The monoisotopic (exact) mass is 477 g/mol. The molecular weight excluding hydrogens is 454 g/mol. The third-order valence-corrected chi connectivity index (χ3v) is 7.01. The van der Waals surface area contributed by atoms with Gasteiger partial charge < -0.3 is 4.74 Å². The van der Waals surface area contributed by atoms with Crippen molar-refractivity contribution in [1.82, 2.24) is 4.72 Å². The maximum Gasteiger partial charge on any atom is 0.343 e. The van der Waals surface area contributed by atoms with E-state index in [1.165, 1.54) is 0 Å². The molecule has 174 valence electrons. The van der Waals surface area contributed by atoms with Crippen LogP contribution in [-0.4, -0.2) is 26.8 Å². The topological polar surface area (TPSA) is 117 Å². The molecule has 1 unspecified atom stereocenters.